The third-order valence-corrected chi connectivity index (χ3v) is 4.47. The molecule has 5 nitrogen and oxygen atoms in total. The number of rotatable bonds is 5. The molecule has 2 rings (SSSR count). The lowest BCUT2D eigenvalue weighted by Crippen LogP contribution is -2.32. The SMILES string of the molecule is Cc1cc(NC(=O)CC(C)C2CCNCC2)ccc1C(N)=O.Cl. The number of benzene rings is 1. The smallest absolute Gasteiger partial charge is 0.248 e. The first-order chi connectivity index (χ1) is 10.5. The molecule has 1 fully saturated rings. The van der Waals surface area contributed by atoms with E-state index >= 15 is 0 Å². The second-order valence-electron chi connectivity index (χ2n) is 6.21. The zero-order valence-electron chi connectivity index (χ0n) is 13.7. The highest BCUT2D eigenvalue weighted by atomic mass is 35.5. The Morgan fingerprint density at radius 3 is 2.57 bits per heavy atom. The number of amides is 2. The van der Waals surface area contributed by atoms with Crippen LogP contribution in [0.15, 0.2) is 18.2 Å². The summed E-state index contributed by atoms with van der Waals surface area (Å²) < 4.78 is 0. The summed E-state index contributed by atoms with van der Waals surface area (Å²) in [6.45, 7) is 6.05. The fourth-order valence-electron chi connectivity index (χ4n) is 3.10. The van der Waals surface area contributed by atoms with E-state index in [1.807, 2.05) is 6.92 Å². The van der Waals surface area contributed by atoms with Crippen LogP contribution in [0.4, 0.5) is 5.69 Å². The molecule has 1 saturated heterocycles. The van der Waals surface area contributed by atoms with Gasteiger partial charge in [-0.25, -0.2) is 0 Å². The van der Waals surface area contributed by atoms with Gasteiger partial charge in [-0.15, -0.1) is 12.4 Å². The Balaban J connectivity index is 0.00000264. The van der Waals surface area contributed by atoms with Crippen LogP contribution in [0.2, 0.25) is 0 Å². The molecule has 1 aromatic rings. The van der Waals surface area contributed by atoms with Gasteiger partial charge in [-0.05, 0) is 68.5 Å². The molecule has 23 heavy (non-hydrogen) atoms. The Kier molecular flexibility index (Phi) is 7.52. The normalized spacial score (nSPS) is 16.3. The van der Waals surface area contributed by atoms with Crippen LogP contribution in [0.25, 0.3) is 0 Å². The van der Waals surface area contributed by atoms with E-state index in [9.17, 15) is 9.59 Å². The molecular formula is C17H26ClN3O2. The van der Waals surface area contributed by atoms with E-state index < -0.39 is 5.91 Å². The van der Waals surface area contributed by atoms with Crippen molar-refractivity contribution < 1.29 is 9.59 Å². The number of carbonyl (C=O) groups is 2. The molecular weight excluding hydrogens is 314 g/mol. The van der Waals surface area contributed by atoms with Crippen LogP contribution >= 0.6 is 12.4 Å². The third-order valence-electron chi connectivity index (χ3n) is 4.47. The lowest BCUT2D eigenvalue weighted by atomic mass is 9.84. The number of aryl methyl sites for hydroxylation is 1. The van der Waals surface area contributed by atoms with Gasteiger partial charge in [0.15, 0.2) is 0 Å². The van der Waals surface area contributed by atoms with Crippen LogP contribution in [0.5, 0.6) is 0 Å². The van der Waals surface area contributed by atoms with Crippen LogP contribution < -0.4 is 16.4 Å². The van der Waals surface area contributed by atoms with E-state index in [1.54, 1.807) is 18.2 Å². The highest BCUT2D eigenvalue weighted by Crippen LogP contribution is 2.25. The minimum absolute atomic E-state index is 0. The Morgan fingerprint density at radius 2 is 2.00 bits per heavy atom. The zero-order valence-corrected chi connectivity index (χ0v) is 14.5. The predicted molar refractivity (Wildman–Crippen MR) is 94.9 cm³/mol. The summed E-state index contributed by atoms with van der Waals surface area (Å²) >= 11 is 0. The second-order valence-corrected chi connectivity index (χ2v) is 6.21. The number of primary amides is 1. The summed E-state index contributed by atoms with van der Waals surface area (Å²) in [6.07, 6.45) is 2.81. The molecule has 1 unspecified atom stereocenters. The molecule has 128 valence electrons. The molecule has 0 bridgehead atoms. The van der Waals surface area contributed by atoms with E-state index in [4.69, 9.17) is 5.73 Å². The lowest BCUT2D eigenvalue weighted by molar-refractivity contribution is -0.117. The van der Waals surface area contributed by atoms with Crippen LogP contribution in [0.3, 0.4) is 0 Å². The first kappa shape index (κ1) is 19.5. The van der Waals surface area contributed by atoms with Crippen molar-refractivity contribution in [3.05, 3.63) is 29.3 Å². The van der Waals surface area contributed by atoms with Crippen LogP contribution in [-0.2, 0) is 4.79 Å². The van der Waals surface area contributed by atoms with Crippen molar-refractivity contribution >= 4 is 29.9 Å². The molecule has 0 saturated carbocycles. The quantitative estimate of drug-likeness (QED) is 0.770. The van der Waals surface area contributed by atoms with Gasteiger partial charge in [0.2, 0.25) is 11.8 Å². The molecule has 0 radical (unpaired) electrons. The number of piperidine rings is 1. The molecule has 1 aliphatic heterocycles. The zero-order chi connectivity index (χ0) is 16.1. The molecule has 2 amide bonds. The predicted octanol–water partition coefficient (Wildman–Crippen LogP) is 2.48. The number of halogens is 1. The first-order valence-corrected chi connectivity index (χ1v) is 7.88. The molecule has 6 heteroatoms. The number of anilines is 1. The second kappa shape index (κ2) is 8.89. The number of carbonyl (C=O) groups excluding carboxylic acids is 2. The van der Waals surface area contributed by atoms with E-state index in [2.05, 4.69) is 17.6 Å². The molecule has 4 N–H and O–H groups in total. The van der Waals surface area contributed by atoms with Gasteiger partial charge in [0, 0.05) is 17.7 Å². The van der Waals surface area contributed by atoms with Gasteiger partial charge in [-0.1, -0.05) is 6.92 Å². The van der Waals surface area contributed by atoms with Gasteiger partial charge < -0.3 is 16.4 Å². The van der Waals surface area contributed by atoms with Gasteiger partial charge in [0.1, 0.15) is 0 Å². The van der Waals surface area contributed by atoms with Crippen molar-refractivity contribution in [2.75, 3.05) is 18.4 Å². The molecule has 1 atom stereocenters. The summed E-state index contributed by atoms with van der Waals surface area (Å²) in [5.41, 5.74) is 7.26. The summed E-state index contributed by atoms with van der Waals surface area (Å²) in [5.74, 6) is 0.575. The maximum Gasteiger partial charge on any atom is 0.248 e. The third kappa shape index (κ3) is 5.52. The summed E-state index contributed by atoms with van der Waals surface area (Å²) in [7, 11) is 0. The molecule has 0 aromatic heterocycles. The topological polar surface area (TPSA) is 84.2 Å². The number of nitrogens with one attached hydrogen (secondary N) is 2. The summed E-state index contributed by atoms with van der Waals surface area (Å²) in [6, 6.07) is 5.16. The number of nitrogens with two attached hydrogens (primary N) is 1. The van der Waals surface area contributed by atoms with E-state index in [1.165, 1.54) is 0 Å². The Labute approximate surface area is 143 Å². The summed E-state index contributed by atoms with van der Waals surface area (Å²) in [4.78, 5) is 23.4. The van der Waals surface area contributed by atoms with Crippen molar-refractivity contribution in [3.8, 4) is 0 Å². The standard InChI is InChI=1S/C17H25N3O2.ClH/c1-11(13-5-7-19-8-6-13)10-16(21)20-14-3-4-15(17(18)22)12(2)9-14;/h3-4,9,11,13,19H,5-8,10H2,1-2H3,(H2,18,22)(H,20,21);1H. The fourth-order valence-corrected chi connectivity index (χ4v) is 3.10. The van der Waals surface area contributed by atoms with Gasteiger partial charge in [0.05, 0.1) is 0 Å². The molecule has 0 aliphatic carbocycles. The Hall–Kier alpha value is -1.59. The number of hydrogen-bond donors (Lipinski definition) is 3. The molecule has 1 aliphatic rings. The van der Waals surface area contributed by atoms with Gasteiger partial charge in [0.25, 0.3) is 0 Å². The lowest BCUT2D eigenvalue weighted by Gasteiger charge is -2.27. The molecule has 1 aromatic carbocycles. The molecule has 1 heterocycles. The van der Waals surface area contributed by atoms with Crippen molar-refractivity contribution in [3.63, 3.8) is 0 Å². The molecule has 0 spiro atoms. The maximum atomic E-state index is 12.2. The minimum Gasteiger partial charge on any atom is -0.366 e. The monoisotopic (exact) mass is 339 g/mol. The van der Waals surface area contributed by atoms with Gasteiger partial charge in [-0.2, -0.15) is 0 Å². The Morgan fingerprint density at radius 1 is 1.35 bits per heavy atom. The maximum absolute atomic E-state index is 12.2. The van der Waals surface area contributed by atoms with Crippen molar-refractivity contribution in [1.82, 2.24) is 5.32 Å². The fraction of sp³-hybridized carbons (Fsp3) is 0.529. The largest absolute Gasteiger partial charge is 0.366 e. The van der Waals surface area contributed by atoms with E-state index in [0.29, 0.717) is 29.5 Å². The van der Waals surface area contributed by atoms with Gasteiger partial charge >= 0.3 is 0 Å². The van der Waals surface area contributed by atoms with Crippen molar-refractivity contribution in [1.29, 1.82) is 0 Å². The van der Waals surface area contributed by atoms with Gasteiger partial charge in [-0.3, -0.25) is 9.59 Å². The van der Waals surface area contributed by atoms with Crippen LogP contribution in [-0.4, -0.2) is 24.9 Å². The first-order valence-electron chi connectivity index (χ1n) is 7.88. The average molecular weight is 340 g/mol. The minimum atomic E-state index is -0.449. The highest BCUT2D eigenvalue weighted by molar-refractivity contribution is 5.96. The van der Waals surface area contributed by atoms with Crippen LogP contribution in [0, 0.1) is 18.8 Å². The van der Waals surface area contributed by atoms with E-state index in [-0.39, 0.29) is 18.3 Å². The van der Waals surface area contributed by atoms with Crippen molar-refractivity contribution in [2.45, 2.75) is 33.1 Å². The number of hydrogen-bond acceptors (Lipinski definition) is 3. The summed E-state index contributed by atoms with van der Waals surface area (Å²) in [5, 5.41) is 6.26. The van der Waals surface area contributed by atoms with E-state index in [0.717, 1.165) is 31.5 Å². The highest BCUT2D eigenvalue weighted by Gasteiger charge is 2.22. The van der Waals surface area contributed by atoms with Crippen LogP contribution in [0.1, 0.15) is 42.1 Å². The Bertz CT molecular complexity index is 557. The average Bonchev–Trinajstić information content (AvgIpc) is 2.47. The van der Waals surface area contributed by atoms with Crippen molar-refractivity contribution in [2.24, 2.45) is 17.6 Å².